The number of aromatic nitrogens is 2. The highest BCUT2D eigenvalue weighted by molar-refractivity contribution is 5.47. The van der Waals surface area contributed by atoms with Crippen LogP contribution in [0.5, 0.6) is 23.3 Å². The second-order valence-electron chi connectivity index (χ2n) is 5.86. The normalized spacial score (nSPS) is 11.8. The Kier molecular flexibility index (Phi) is 5.69. The van der Waals surface area contributed by atoms with Crippen LogP contribution in [0.15, 0.2) is 54.9 Å². The minimum atomic E-state index is -5.01. The maximum atomic E-state index is 13.1. The van der Waals surface area contributed by atoms with Crippen LogP contribution in [0, 0.1) is 10.1 Å². The summed E-state index contributed by atoms with van der Waals surface area (Å²) in [6, 6.07) is 6.93. The number of hydrogen-bond acceptors (Lipinski definition) is 6. The molecular weight excluding hydrogens is 436 g/mol. The van der Waals surface area contributed by atoms with Gasteiger partial charge in [0.2, 0.25) is 11.8 Å². The van der Waals surface area contributed by atoms with Gasteiger partial charge in [-0.3, -0.25) is 10.1 Å². The summed E-state index contributed by atoms with van der Waals surface area (Å²) in [4.78, 5) is 17.0. The number of alkyl halides is 6. The van der Waals surface area contributed by atoms with Crippen LogP contribution in [0.3, 0.4) is 0 Å². The van der Waals surface area contributed by atoms with E-state index >= 15 is 0 Å². The number of ether oxygens (including phenoxy) is 2. The van der Waals surface area contributed by atoms with E-state index in [2.05, 4.69) is 9.97 Å². The fourth-order valence-electron chi connectivity index (χ4n) is 2.38. The van der Waals surface area contributed by atoms with Gasteiger partial charge in [-0.1, -0.05) is 6.07 Å². The van der Waals surface area contributed by atoms with Crippen molar-refractivity contribution < 1.29 is 40.7 Å². The molecule has 0 N–H and O–H groups in total. The number of halogens is 6. The third-order valence-corrected chi connectivity index (χ3v) is 3.69. The first-order valence-electron chi connectivity index (χ1n) is 8.14. The molecule has 0 amide bonds. The van der Waals surface area contributed by atoms with Gasteiger partial charge in [0.25, 0.3) is 5.69 Å². The third-order valence-electron chi connectivity index (χ3n) is 3.69. The zero-order valence-electron chi connectivity index (χ0n) is 14.9. The average Bonchev–Trinajstić information content (AvgIpc) is 2.67. The first-order chi connectivity index (χ1) is 14.4. The van der Waals surface area contributed by atoms with Gasteiger partial charge in [0.15, 0.2) is 0 Å². The molecule has 0 atom stereocenters. The van der Waals surface area contributed by atoms with E-state index < -0.39 is 39.8 Å². The predicted octanol–water partition coefficient (Wildman–Crippen LogP) is 6.01. The zero-order chi connectivity index (χ0) is 22.8. The Morgan fingerprint density at radius 3 is 1.97 bits per heavy atom. The van der Waals surface area contributed by atoms with Gasteiger partial charge < -0.3 is 9.47 Å². The lowest BCUT2D eigenvalue weighted by molar-refractivity contribution is -0.388. The van der Waals surface area contributed by atoms with Gasteiger partial charge in [-0.2, -0.15) is 26.3 Å². The van der Waals surface area contributed by atoms with Crippen LogP contribution < -0.4 is 9.47 Å². The first kappa shape index (κ1) is 21.8. The van der Waals surface area contributed by atoms with Crippen molar-refractivity contribution in [3.63, 3.8) is 0 Å². The molecule has 7 nitrogen and oxygen atoms in total. The smallest absolute Gasteiger partial charge is 0.423 e. The maximum absolute atomic E-state index is 13.1. The van der Waals surface area contributed by atoms with Crippen LogP contribution in [-0.4, -0.2) is 14.9 Å². The minimum Gasteiger partial charge on any atom is -0.439 e. The largest absolute Gasteiger partial charge is 0.439 e. The predicted molar refractivity (Wildman–Crippen MR) is 91.7 cm³/mol. The molecule has 1 heterocycles. The third kappa shape index (κ3) is 5.38. The van der Waals surface area contributed by atoms with Crippen molar-refractivity contribution in [1.29, 1.82) is 0 Å². The lowest BCUT2D eigenvalue weighted by Crippen LogP contribution is -2.09. The molecule has 0 bridgehead atoms. The Labute approximate surface area is 169 Å². The maximum Gasteiger partial charge on any atom is 0.423 e. The summed E-state index contributed by atoms with van der Waals surface area (Å²) in [7, 11) is 0. The second kappa shape index (κ2) is 8.08. The Balaban J connectivity index is 1.84. The molecule has 3 aromatic rings. The van der Waals surface area contributed by atoms with Gasteiger partial charge in [-0.15, -0.1) is 0 Å². The van der Waals surface area contributed by atoms with Crippen molar-refractivity contribution in [3.8, 4) is 23.3 Å². The van der Waals surface area contributed by atoms with E-state index in [1.807, 2.05) is 0 Å². The number of benzene rings is 2. The Morgan fingerprint density at radius 1 is 0.806 bits per heavy atom. The summed E-state index contributed by atoms with van der Waals surface area (Å²) in [5.41, 5.74) is -3.64. The van der Waals surface area contributed by atoms with Crippen LogP contribution >= 0.6 is 0 Å². The highest BCUT2D eigenvalue weighted by atomic mass is 19.4. The molecule has 0 aliphatic heterocycles. The molecule has 3 rings (SSSR count). The summed E-state index contributed by atoms with van der Waals surface area (Å²) in [6.07, 6.45) is -8.69. The Hall–Kier alpha value is -3.90. The van der Waals surface area contributed by atoms with Crippen molar-refractivity contribution in [2.45, 2.75) is 12.4 Å². The zero-order valence-corrected chi connectivity index (χ0v) is 14.9. The van der Waals surface area contributed by atoms with Gasteiger partial charge in [0, 0.05) is 12.1 Å². The lowest BCUT2D eigenvalue weighted by Gasteiger charge is -2.11. The summed E-state index contributed by atoms with van der Waals surface area (Å²) < 4.78 is 87.9. The second-order valence-corrected chi connectivity index (χ2v) is 5.86. The van der Waals surface area contributed by atoms with E-state index in [0.29, 0.717) is 12.1 Å². The highest BCUT2D eigenvalue weighted by Crippen LogP contribution is 2.39. The van der Waals surface area contributed by atoms with Crippen LogP contribution in [-0.2, 0) is 12.4 Å². The summed E-state index contributed by atoms with van der Waals surface area (Å²) in [5, 5.41) is 10.8. The molecule has 0 aliphatic carbocycles. The number of hydrogen-bond donors (Lipinski definition) is 0. The quantitative estimate of drug-likeness (QED) is 0.272. The molecule has 13 heteroatoms. The standard InChI is InChI=1S/C18H9F6N3O4/c19-17(20,21)10-2-1-3-11(6-10)30-15-8-16(26-9-25-15)31-12-4-5-14(27(28)29)13(7-12)18(22,23)24/h1-9H. The van der Waals surface area contributed by atoms with E-state index in [1.54, 1.807) is 0 Å². The Bertz CT molecular complexity index is 1120. The van der Waals surface area contributed by atoms with E-state index in [1.165, 1.54) is 6.07 Å². The van der Waals surface area contributed by atoms with Crippen LogP contribution in [0.1, 0.15) is 11.1 Å². The van der Waals surface area contributed by atoms with E-state index in [9.17, 15) is 36.5 Å². The molecule has 2 aromatic carbocycles. The van der Waals surface area contributed by atoms with Crippen molar-refractivity contribution in [2.75, 3.05) is 0 Å². The van der Waals surface area contributed by atoms with Gasteiger partial charge in [0.05, 0.1) is 16.6 Å². The van der Waals surface area contributed by atoms with Crippen LogP contribution in [0.2, 0.25) is 0 Å². The number of rotatable bonds is 5. The first-order valence-corrected chi connectivity index (χ1v) is 8.14. The fraction of sp³-hybridized carbons (Fsp3) is 0.111. The summed E-state index contributed by atoms with van der Waals surface area (Å²) in [5.74, 6) is -1.17. The van der Waals surface area contributed by atoms with Crippen LogP contribution in [0.25, 0.3) is 0 Å². The number of nitro groups is 1. The SMILES string of the molecule is O=[N+]([O-])c1ccc(Oc2cc(Oc3cccc(C(F)(F)F)c3)ncn2)cc1C(F)(F)F. The fourth-order valence-corrected chi connectivity index (χ4v) is 2.38. The highest BCUT2D eigenvalue weighted by Gasteiger charge is 2.38. The van der Waals surface area contributed by atoms with E-state index in [-0.39, 0.29) is 17.5 Å². The molecule has 0 aliphatic rings. The summed E-state index contributed by atoms with van der Waals surface area (Å²) in [6.45, 7) is 0. The van der Waals surface area contributed by atoms with Crippen molar-refractivity contribution in [1.82, 2.24) is 9.97 Å². The van der Waals surface area contributed by atoms with Crippen molar-refractivity contribution in [3.05, 3.63) is 76.1 Å². The monoisotopic (exact) mass is 445 g/mol. The van der Waals surface area contributed by atoms with E-state index in [0.717, 1.165) is 36.7 Å². The van der Waals surface area contributed by atoms with Crippen molar-refractivity contribution in [2.24, 2.45) is 0 Å². The number of nitrogens with zero attached hydrogens (tertiary/aromatic N) is 3. The Morgan fingerprint density at radius 2 is 1.42 bits per heavy atom. The van der Waals surface area contributed by atoms with Gasteiger partial charge in [-0.05, 0) is 24.3 Å². The molecule has 0 fully saturated rings. The molecule has 0 saturated carbocycles. The molecule has 31 heavy (non-hydrogen) atoms. The van der Waals surface area contributed by atoms with Gasteiger partial charge in [0.1, 0.15) is 23.4 Å². The molecular formula is C18H9F6N3O4. The van der Waals surface area contributed by atoms with Gasteiger partial charge >= 0.3 is 12.4 Å². The minimum absolute atomic E-state index is 0.200. The lowest BCUT2D eigenvalue weighted by atomic mass is 10.1. The molecule has 162 valence electrons. The number of nitro benzene ring substituents is 1. The molecule has 0 saturated heterocycles. The van der Waals surface area contributed by atoms with Crippen molar-refractivity contribution >= 4 is 5.69 Å². The summed E-state index contributed by atoms with van der Waals surface area (Å²) >= 11 is 0. The molecule has 0 radical (unpaired) electrons. The van der Waals surface area contributed by atoms with E-state index in [4.69, 9.17) is 9.47 Å². The molecule has 0 unspecified atom stereocenters. The topological polar surface area (TPSA) is 87.4 Å². The van der Waals surface area contributed by atoms with Gasteiger partial charge in [-0.25, -0.2) is 9.97 Å². The average molecular weight is 445 g/mol. The molecule has 0 spiro atoms. The van der Waals surface area contributed by atoms with Crippen LogP contribution in [0.4, 0.5) is 32.0 Å². The molecule has 1 aromatic heterocycles.